The first-order chi connectivity index (χ1) is 13.6. The van der Waals surface area contributed by atoms with Crippen LogP contribution in [0, 0.1) is 6.92 Å². The minimum absolute atomic E-state index is 0.0113. The highest BCUT2D eigenvalue weighted by molar-refractivity contribution is 5.92. The molecule has 1 amide bonds. The molecule has 0 unspecified atom stereocenters. The van der Waals surface area contributed by atoms with E-state index in [0.717, 1.165) is 42.4 Å². The van der Waals surface area contributed by atoms with E-state index in [4.69, 9.17) is 9.47 Å². The fourth-order valence-electron chi connectivity index (χ4n) is 3.90. The predicted molar refractivity (Wildman–Crippen MR) is 106 cm³/mol. The maximum absolute atomic E-state index is 13.3. The number of nitrogens with zero attached hydrogens (tertiary/aromatic N) is 4. The van der Waals surface area contributed by atoms with Gasteiger partial charge in [-0.3, -0.25) is 9.48 Å². The number of hydrogen-bond acceptors (Lipinski definition) is 5. The number of ether oxygens (including phenoxy) is 2. The number of likely N-dealkylation sites (tertiary alicyclic amines) is 1. The van der Waals surface area contributed by atoms with Crippen LogP contribution < -0.4 is 9.47 Å². The number of aryl methyl sites for hydroxylation is 2. The van der Waals surface area contributed by atoms with E-state index in [0.29, 0.717) is 32.0 Å². The van der Waals surface area contributed by atoms with Gasteiger partial charge in [-0.25, -0.2) is 0 Å². The molecule has 28 heavy (non-hydrogen) atoms. The quantitative estimate of drug-likeness (QED) is 0.764. The molecule has 0 bridgehead atoms. The van der Waals surface area contributed by atoms with Crippen molar-refractivity contribution in [2.24, 2.45) is 7.05 Å². The molecule has 0 saturated carbocycles. The minimum atomic E-state index is 0.0113. The Morgan fingerprint density at radius 3 is 2.61 bits per heavy atom. The molecule has 2 aliphatic rings. The number of carbonyl (C=O) groups is 1. The third-order valence-electron chi connectivity index (χ3n) is 5.37. The first-order valence-corrected chi connectivity index (χ1v) is 10.0. The molecule has 1 aromatic heterocycles. The van der Waals surface area contributed by atoms with Gasteiger partial charge < -0.3 is 19.3 Å². The Labute approximate surface area is 165 Å². The zero-order valence-electron chi connectivity index (χ0n) is 16.7. The van der Waals surface area contributed by atoms with Crippen molar-refractivity contribution in [2.45, 2.75) is 26.3 Å². The monoisotopic (exact) mass is 384 g/mol. The van der Waals surface area contributed by atoms with Crippen LogP contribution in [0.5, 0.6) is 11.5 Å². The van der Waals surface area contributed by atoms with E-state index in [9.17, 15) is 4.79 Å². The zero-order chi connectivity index (χ0) is 19.5. The van der Waals surface area contributed by atoms with Crippen molar-refractivity contribution >= 4 is 5.91 Å². The Balaban J connectivity index is 1.53. The van der Waals surface area contributed by atoms with Gasteiger partial charge in [0, 0.05) is 26.7 Å². The van der Waals surface area contributed by atoms with Crippen LogP contribution in [0.15, 0.2) is 24.3 Å². The summed E-state index contributed by atoms with van der Waals surface area (Å²) in [5, 5.41) is 4.34. The Bertz CT molecular complexity index is 842. The fraction of sp³-hybridized carbons (Fsp3) is 0.524. The molecule has 3 heterocycles. The summed E-state index contributed by atoms with van der Waals surface area (Å²) >= 11 is 0. The third kappa shape index (κ3) is 4.14. The van der Waals surface area contributed by atoms with Gasteiger partial charge in [-0.2, -0.15) is 5.10 Å². The van der Waals surface area contributed by atoms with Gasteiger partial charge in [-0.1, -0.05) is 6.07 Å². The van der Waals surface area contributed by atoms with E-state index in [1.165, 1.54) is 12.8 Å². The second-order valence-electron chi connectivity index (χ2n) is 7.55. The number of benzene rings is 1. The predicted octanol–water partition coefficient (Wildman–Crippen LogP) is 2.24. The van der Waals surface area contributed by atoms with Crippen LogP contribution in [0.25, 0.3) is 0 Å². The molecule has 2 aliphatic heterocycles. The summed E-state index contributed by atoms with van der Waals surface area (Å²) in [6.45, 7) is 7.41. The van der Waals surface area contributed by atoms with Crippen LogP contribution in [0.1, 0.15) is 34.6 Å². The van der Waals surface area contributed by atoms with Crippen LogP contribution in [0.4, 0.5) is 0 Å². The van der Waals surface area contributed by atoms with Gasteiger partial charge in [-0.05, 0) is 56.6 Å². The van der Waals surface area contributed by atoms with E-state index in [2.05, 4.69) is 10.00 Å². The van der Waals surface area contributed by atoms with Crippen molar-refractivity contribution in [3.63, 3.8) is 0 Å². The molecule has 0 N–H and O–H groups in total. The lowest BCUT2D eigenvalue weighted by Crippen LogP contribution is -2.38. The summed E-state index contributed by atoms with van der Waals surface area (Å²) in [4.78, 5) is 17.6. The highest BCUT2D eigenvalue weighted by atomic mass is 16.6. The van der Waals surface area contributed by atoms with Crippen LogP contribution >= 0.6 is 0 Å². The summed E-state index contributed by atoms with van der Waals surface area (Å²) in [5.41, 5.74) is 2.51. The summed E-state index contributed by atoms with van der Waals surface area (Å²) in [7, 11) is 1.82. The number of aromatic nitrogens is 2. The highest BCUT2D eigenvalue weighted by Gasteiger charge is 2.22. The van der Waals surface area contributed by atoms with Crippen molar-refractivity contribution in [1.29, 1.82) is 0 Å². The lowest BCUT2D eigenvalue weighted by Gasteiger charge is -2.26. The van der Waals surface area contributed by atoms with Crippen LogP contribution in [0.2, 0.25) is 0 Å². The number of hydrogen-bond donors (Lipinski definition) is 0. The molecule has 0 aliphatic carbocycles. The summed E-state index contributed by atoms with van der Waals surface area (Å²) in [6, 6.07) is 7.79. The van der Waals surface area contributed by atoms with Crippen molar-refractivity contribution in [1.82, 2.24) is 19.6 Å². The van der Waals surface area contributed by atoms with Gasteiger partial charge >= 0.3 is 0 Å². The molecule has 7 heteroatoms. The Hall–Kier alpha value is -2.54. The molecule has 0 radical (unpaired) electrons. The van der Waals surface area contributed by atoms with Gasteiger partial charge in [0.1, 0.15) is 18.9 Å². The van der Waals surface area contributed by atoms with Crippen molar-refractivity contribution < 1.29 is 14.3 Å². The maximum atomic E-state index is 13.3. The van der Waals surface area contributed by atoms with Gasteiger partial charge in [-0.15, -0.1) is 0 Å². The lowest BCUT2D eigenvalue weighted by atomic mass is 10.1. The van der Waals surface area contributed by atoms with E-state index in [1.807, 2.05) is 43.1 Å². The molecule has 0 atom stereocenters. The zero-order valence-corrected chi connectivity index (χ0v) is 16.7. The lowest BCUT2D eigenvalue weighted by molar-refractivity contribution is 0.0715. The molecule has 1 aromatic carbocycles. The molecule has 7 nitrogen and oxygen atoms in total. The number of carbonyl (C=O) groups excluding carboxylic acids is 1. The molecule has 2 aromatic rings. The smallest absolute Gasteiger partial charge is 0.272 e. The number of fused-ring (bicyclic) bond motifs is 1. The molecule has 1 saturated heterocycles. The average Bonchev–Trinajstić information content (AvgIpc) is 3.33. The standard InChI is InChI=1S/C21H28N4O3/c1-16-13-18(23(2)22-16)21(26)25(10-9-24-7-3-4-8-24)15-17-5-6-19-20(14-17)28-12-11-27-19/h5-6,13-14H,3-4,7-12,15H2,1-2H3. The van der Waals surface area contributed by atoms with Crippen LogP contribution in [-0.2, 0) is 13.6 Å². The highest BCUT2D eigenvalue weighted by Crippen LogP contribution is 2.31. The molecular formula is C21H28N4O3. The SMILES string of the molecule is Cc1cc(C(=O)N(CCN2CCCC2)Cc2ccc3c(c2)OCCO3)n(C)n1. The number of amides is 1. The molecular weight excluding hydrogens is 356 g/mol. The second kappa shape index (κ2) is 8.22. The first-order valence-electron chi connectivity index (χ1n) is 10.0. The summed E-state index contributed by atoms with van der Waals surface area (Å²) in [5.74, 6) is 1.54. The van der Waals surface area contributed by atoms with E-state index < -0.39 is 0 Å². The molecule has 1 fully saturated rings. The average molecular weight is 384 g/mol. The van der Waals surface area contributed by atoms with E-state index >= 15 is 0 Å². The van der Waals surface area contributed by atoms with Gasteiger partial charge in [0.05, 0.1) is 5.69 Å². The summed E-state index contributed by atoms with van der Waals surface area (Å²) < 4.78 is 13.0. The third-order valence-corrected chi connectivity index (χ3v) is 5.37. The van der Waals surface area contributed by atoms with Gasteiger partial charge in [0.15, 0.2) is 11.5 Å². The van der Waals surface area contributed by atoms with E-state index in [-0.39, 0.29) is 5.91 Å². The largest absolute Gasteiger partial charge is 0.486 e. The Morgan fingerprint density at radius 2 is 1.89 bits per heavy atom. The maximum Gasteiger partial charge on any atom is 0.272 e. The van der Waals surface area contributed by atoms with E-state index in [1.54, 1.807) is 4.68 Å². The minimum Gasteiger partial charge on any atom is -0.486 e. The number of rotatable bonds is 6. The van der Waals surface area contributed by atoms with Crippen LogP contribution in [0.3, 0.4) is 0 Å². The molecule has 150 valence electrons. The Kier molecular flexibility index (Phi) is 5.52. The normalized spacial score (nSPS) is 16.4. The molecule has 4 rings (SSSR count). The molecule has 0 spiro atoms. The fourth-order valence-corrected chi connectivity index (χ4v) is 3.90. The van der Waals surface area contributed by atoms with Gasteiger partial charge in [0.2, 0.25) is 0 Å². The topological polar surface area (TPSA) is 59.8 Å². The van der Waals surface area contributed by atoms with Crippen molar-refractivity contribution in [3.05, 3.63) is 41.2 Å². The summed E-state index contributed by atoms with van der Waals surface area (Å²) in [6.07, 6.45) is 2.49. The second-order valence-corrected chi connectivity index (χ2v) is 7.55. The van der Waals surface area contributed by atoms with Crippen molar-refractivity contribution in [2.75, 3.05) is 39.4 Å². The van der Waals surface area contributed by atoms with Crippen LogP contribution in [-0.4, -0.2) is 64.9 Å². The van der Waals surface area contributed by atoms with Crippen molar-refractivity contribution in [3.8, 4) is 11.5 Å². The van der Waals surface area contributed by atoms with Gasteiger partial charge in [0.25, 0.3) is 5.91 Å². The Morgan fingerprint density at radius 1 is 1.14 bits per heavy atom. The first kappa shape index (κ1) is 18.8.